The van der Waals surface area contributed by atoms with Crippen molar-refractivity contribution in [1.82, 2.24) is 5.32 Å². The molecule has 0 radical (unpaired) electrons. The number of benzene rings is 4. The average Bonchev–Trinajstić information content (AvgIpc) is 2.93. The van der Waals surface area contributed by atoms with Crippen LogP contribution in [0.25, 0.3) is 0 Å². The number of aryl methyl sites for hydroxylation is 1. The molecule has 0 aromatic heterocycles. The van der Waals surface area contributed by atoms with Crippen LogP contribution in [0.4, 0.5) is 0 Å². The monoisotopic (exact) mass is 589 g/mol. The number of hydrogen-bond acceptors (Lipinski definition) is 6. The molecule has 3 N–H and O–H groups in total. The summed E-state index contributed by atoms with van der Waals surface area (Å²) in [5.74, 6) is -0.505. The molecule has 7 nitrogen and oxygen atoms in total. The van der Waals surface area contributed by atoms with Crippen LogP contribution in [-0.2, 0) is 16.3 Å². The average molecular weight is 590 g/mol. The van der Waals surface area contributed by atoms with E-state index in [1.54, 1.807) is 66.7 Å². The first-order valence-corrected chi connectivity index (χ1v) is 14.2. The van der Waals surface area contributed by atoms with Gasteiger partial charge in [0.15, 0.2) is 0 Å². The number of aromatic carboxylic acids is 1. The van der Waals surface area contributed by atoms with E-state index in [0.29, 0.717) is 23.9 Å². The van der Waals surface area contributed by atoms with Gasteiger partial charge >= 0.3 is 35.5 Å². The fraction of sp³-hybridized carbons (Fsp3) is 0.167. The molecule has 204 valence electrons. The van der Waals surface area contributed by atoms with Crippen molar-refractivity contribution in [2.45, 2.75) is 28.7 Å². The molecule has 0 saturated heterocycles. The van der Waals surface area contributed by atoms with Crippen LogP contribution in [0, 0.1) is 0 Å². The van der Waals surface area contributed by atoms with Gasteiger partial charge in [-0.25, -0.2) is 13.2 Å². The molecule has 0 saturated carbocycles. The zero-order valence-corrected chi connectivity index (χ0v) is 22.5. The van der Waals surface area contributed by atoms with E-state index in [2.05, 4.69) is 5.32 Å². The number of sulfone groups is 1. The standard InChI is InChI=1S/C30H28ClNO6S.Na.H/c31-24-8-1-6-22(17-24)29(33)20-32-16-4-5-21-12-14-27(15-13-21)39(36,37)28-11-3-10-26(19-28)38-25-9-2-7-23(18-25)30(34)35;;/h1-3,6-15,17-19,29,32-33H,4-5,16,20H2,(H,34,35);;/t29-;;/m1../s1. The van der Waals surface area contributed by atoms with Gasteiger partial charge in [-0.05, 0) is 91.2 Å². The van der Waals surface area contributed by atoms with Crippen molar-refractivity contribution >= 4 is 57.0 Å². The minimum atomic E-state index is -3.78. The molecule has 0 aliphatic carbocycles. The van der Waals surface area contributed by atoms with Crippen molar-refractivity contribution in [1.29, 1.82) is 0 Å². The quantitative estimate of drug-likeness (QED) is 0.152. The second-order valence-corrected chi connectivity index (χ2v) is 11.3. The van der Waals surface area contributed by atoms with Gasteiger partial charge in [0.1, 0.15) is 11.5 Å². The molecule has 1 atom stereocenters. The van der Waals surface area contributed by atoms with Gasteiger partial charge < -0.3 is 20.3 Å². The van der Waals surface area contributed by atoms with Crippen LogP contribution in [0.3, 0.4) is 0 Å². The first-order chi connectivity index (χ1) is 18.7. The third kappa shape index (κ3) is 8.65. The van der Waals surface area contributed by atoms with Gasteiger partial charge in [0.25, 0.3) is 0 Å². The molecule has 0 heterocycles. The third-order valence-electron chi connectivity index (χ3n) is 6.06. The molecular formula is C30H29ClNNaO6S. The number of carboxylic acid groups (broad SMARTS) is 1. The zero-order chi connectivity index (χ0) is 27.8. The predicted molar refractivity (Wildman–Crippen MR) is 157 cm³/mol. The topological polar surface area (TPSA) is 113 Å². The number of carbonyl (C=O) groups is 1. The number of rotatable bonds is 12. The van der Waals surface area contributed by atoms with Gasteiger partial charge in [-0.3, -0.25) is 0 Å². The molecular weight excluding hydrogens is 561 g/mol. The Morgan fingerprint density at radius 1 is 0.875 bits per heavy atom. The second-order valence-electron chi connectivity index (χ2n) is 8.94. The van der Waals surface area contributed by atoms with Gasteiger partial charge in [-0.1, -0.05) is 48.0 Å². The first-order valence-electron chi connectivity index (χ1n) is 12.3. The summed E-state index contributed by atoms with van der Waals surface area (Å²) < 4.78 is 32.2. The zero-order valence-electron chi connectivity index (χ0n) is 21.0. The van der Waals surface area contributed by atoms with E-state index in [1.807, 2.05) is 6.07 Å². The number of aliphatic hydroxyl groups excluding tert-OH is 1. The molecule has 0 spiro atoms. The van der Waals surface area contributed by atoms with Gasteiger partial charge in [-0.2, -0.15) is 0 Å². The van der Waals surface area contributed by atoms with Crippen LogP contribution in [0.1, 0.15) is 34.0 Å². The second kappa shape index (κ2) is 14.8. The van der Waals surface area contributed by atoms with Crippen LogP contribution in [0.15, 0.2) is 107 Å². The number of nitrogens with one attached hydrogen (secondary N) is 1. The van der Waals surface area contributed by atoms with Gasteiger partial charge in [0, 0.05) is 11.6 Å². The summed E-state index contributed by atoms with van der Waals surface area (Å²) >= 11 is 5.97. The van der Waals surface area contributed by atoms with E-state index in [0.717, 1.165) is 24.0 Å². The summed E-state index contributed by atoms with van der Waals surface area (Å²) in [6.07, 6.45) is 0.919. The molecule has 0 fully saturated rings. The van der Waals surface area contributed by atoms with Crippen LogP contribution >= 0.6 is 11.6 Å². The molecule has 0 aliphatic heterocycles. The van der Waals surface area contributed by atoms with E-state index in [9.17, 15) is 18.3 Å². The minimum absolute atomic E-state index is 0. The molecule has 0 unspecified atom stereocenters. The molecule has 40 heavy (non-hydrogen) atoms. The van der Waals surface area contributed by atoms with Crippen molar-refractivity contribution in [2.24, 2.45) is 0 Å². The molecule has 4 aromatic rings. The Labute approximate surface area is 261 Å². The number of halogens is 1. The van der Waals surface area contributed by atoms with Gasteiger partial charge in [0.2, 0.25) is 9.84 Å². The molecule has 4 rings (SSSR count). The summed E-state index contributed by atoms with van der Waals surface area (Å²) in [6.45, 7) is 1.10. The Bertz CT molecular complexity index is 1550. The first kappa shape index (κ1) is 31.8. The summed E-state index contributed by atoms with van der Waals surface area (Å²) in [5, 5.41) is 23.3. The predicted octanol–water partition coefficient (Wildman–Crippen LogP) is 5.27. The van der Waals surface area contributed by atoms with E-state index in [1.165, 1.54) is 24.3 Å². The molecule has 10 heteroatoms. The Kier molecular flexibility index (Phi) is 11.8. The number of aliphatic hydroxyl groups is 1. The van der Waals surface area contributed by atoms with Crippen LogP contribution < -0.4 is 10.1 Å². The summed E-state index contributed by atoms with van der Waals surface area (Å²) in [7, 11) is -3.78. The van der Waals surface area contributed by atoms with E-state index in [-0.39, 0.29) is 50.7 Å². The number of carboxylic acids is 1. The van der Waals surface area contributed by atoms with Crippen LogP contribution in [0.5, 0.6) is 11.5 Å². The van der Waals surface area contributed by atoms with E-state index >= 15 is 0 Å². The van der Waals surface area contributed by atoms with Gasteiger partial charge in [0.05, 0.1) is 21.5 Å². The van der Waals surface area contributed by atoms with Crippen molar-refractivity contribution in [2.75, 3.05) is 13.1 Å². The Balaban J connectivity index is 0.00000441. The Morgan fingerprint density at radius 2 is 1.55 bits per heavy atom. The summed E-state index contributed by atoms with van der Waals surface area (Å²) in [4.78, 5) is 11.4. The van der Waals surface area contributed by atoms with Crippen molar-refractivity contribution in [3.63, 3.8) is 0 Å². The van der Waals surface area contributed by atoms with Crippen molar-refractivity contribution in [3.05, 3.63) is 119 Å². The fourth-order valence-corrected chi connectivity index (χ4v) is 5.49. The van der Waals surface area contributed by atoms with E-state index < -0.39 is 21.9 Å². The molecule has 0 amide bonds. The third-order valence-corrected chi connectivity index (χ3v) is 8.06. The summed E-state index contributed by atoms with van der Waals surface area (Å²) in [6, 6.07) is 26.0. The molecule has 4 aromatic carbocycles. The van der Waals surface area contributed by atoms with Crippen LogP contribution in [0.2, 0.25) is 5.02 Å². The Hall–Kier alpha value is -2.69. The van der Waals surface area contributed by atoms with Crippen molar-refractivity contribution in [3.8, 4) is 11.5 Å². The SMILES string of the molecule is O=C(O)c1cccc(Oc2cccc(S(=O)(=O)c3ccc(CCCNC[C@@H](O)c4cccc(Cl)c4)cc3)c2)c1.[NaH]. The van der Waals surface area contributed by atoms with Crippen molar-refractivity contribution < 1.29 is 28.2 Å². The van der Waals surface area contributed by atoms with E-state index in [4.69, 9.17) is 21.4 Å². The maximum absolute atomic E-state index is 13.2. The summed E-state index contributed by atoms with van der Waals surface area (Å²) in [5.41, 5.74) is 1.83. The normalized spacial score (nSPS) is 11.8. The maximum atomic E-state index is 13.2. The Morgan fingerprint density at radius 3 is 2.25 bits per heavy atom. The number of ether oxygens (including phenoxy) is 1. The fourth-order valence-electron chi connectivity index (χ4n) is 3.99. The number of hydrogen-bond donors (Lipinski definition) is 3. The molecule has 0 aliphatic rings. The van der Waals surface area contributed by atoms with Crippen LogP contribution in [-0.4, -0.2) is 67.2 Å². The van der Waals surface area contributed by atoms with Gasteiger partial charge in [-0.15, -0.1) is 0 Å². The molecule has 0 bridgehead atoms.